The first-order valence-corrected chi connectivity index (χ1v) is 7.88. The van der Waals surface area contributed by atoms with E-state index in [-0.39, 0.29) is 5.75 Å². The highest BCUT2D eigenvalue weighted by atomic mass is 16.5. The molecule has 0 unspecified atom stereocenters. The SMILES string of the molecule is Cc1noc(C)c1-c1c(C#N)c2ccccc2n1-c1ccc(O)cc1. The molecule has 0 aliphatic rings. The number of para-hydroxylation sites is 1. The number of benzene rings is 2. The number of nitriles is 1. The molecular weight excluding hydrogens is 314 g/mol. The van der Waals surface area contributed by atoms with Crippen LogP contribution in [0.5, 0.6) is 5.75 Å². The van der Waals surface area contributed by atoms with E-state index >= 15 is 0 Å². The van der Waals surface area contributed by atoms with E-state index in [2.05, 4.69) is 11.2 Å². The molecule has 0 saturated carbocycles. The van der Waals surface area contributed by atoms with Crippen LogP contribution in [-0.4, -0.2) is 14.8 Å². The highest BCUT2D eigenvalue weighted by Gasteiger charge is 2.24. The summed E-state index contributed by atoms with van der Waals surface area (Å²) in [6.45, 7) is 3.71. The summed E-state index contributed by atoms with van der Waals surface area (Å²) >= 11 is 0. The van der Waals surface area contributed by atoms with E-state index in [4.69, 9.17) is 4.52 Å². The summed E-state index contributed by atoms with van der Waals surface area (Å²) in [6.07, 6.45) is 0. The molecule has 4 rings (SSSR count). The van der Waals surface area contributed by atoms with Crippen molar-refractivity contribution in [3.05, 3.63) is 65.5 Å². The normalized spacial score (nSPS) is 10.9. The molecule has 122 valence electrons. The van der Waals surface area contributed by atoms with Gasteiger partial charge in [0.05, 0.1) is 28.0 Å². The molecule has 4 aromatic rings. The molecule has 2 aromatic carbocycles. The summed E-state index contributed by atoms with van der Waals surface area (Å²) in [5, 5.41) is 24.4. The van der Waals surface area contributed by atoms with Crippen molar-refractivity contribution in [2.45, 2.75) is 13.8 Å². The van der Waals surface area contributed by atoms with Gasteiger partial charge >= 0.3 is 0 Å². The van der Waals surface area contributed by atoms with Gasteiger partial charge in [-0.15, -0.1) is 0 Å². The molecule has 0 spiro atoms. The monoisotopic (exact) mass is 329 g/mol. The number of phenolic OH excluding ortho intramolecular Hbond substituents is 1. The maximum atomic E-state index is 9.85. The van der Waals surface area contributed by atoms with Crippen LogP contribution >= 0.6 is 0 Å². The number of aromatic hydroxyl groups is 1. The van der Waals surface area contributed by atoms with Gasteiger partial charge in [0, 0.05) is 11.1 Å². The van der Waals surface area contributed by atoms with Gasteiger partial charge in [0.25, 0.3) is 0 Å². The number of hydrogen-bond acceptors (Lipinski definition) is 4. The fourth-order valence-electron chi connectivity index (χ4n) is 3.28. The number of nitrogens with zero attached hydrogens (tertiary/aromatic N) is 3. The third kappa shape index (κ3) is 2.19. The Kier molecular flexibility index (Phi) is 3.33. The Hall–Kier alpha value is -3.52. The molecule has 0 aliphatic carbocycles. The molecule has 0 aliphatic heterocycles. The number of fused-ring (bicyclic) bond motifs is 1. The van der Waals surface area contributed by atoms with Gasteiger partial charge in [0.15, 0.2) is 0 Å². The number of aryl methyl sites for hydroxylation is 2. The number of aromatic nitrogens is 2. The van der Waals surface area contributed by atoms with Crippen molar-refractivity contribution in [1.82, 2.24) is 9.72 Å². The van der Waals surface area contributed by atoms with Crippen LogP contribution in [0.4, 0.5) is 0 Å². The van der Waals surface area contributed by atoms with Gasteiger partial charge in [-0.05, 0) is 44.2 Å². The van der Waals surface area contributed by atoms with Crippen LogP contribution in [0.3, 0.4) is 0 Å². The lowest BCUT2D eigenvalue weighted by Gasteiger charge is -2.11. The zero-order valence-electron chi connectivity index (χ0n) is 13.8. The second-order valence-electron chi connectivity index (χ2n) is 5.90. The third-order valence-corrected chi connectivity index (χ3v) is 4.36. The first-order valence-electron chi connectivity index (χ1n) is 7.88. The van der Waals surface area contributed by atoms with Gasteiger partial charge in [0.1, 0.15) is 17.6 Å². The quantitative estimate of drug-likeness (QED) is 0.588. The summed E-state index contributed by atoms with van der Waals surface area (Å²) in [5.74, 6) is 0.858. The third-order valence-electron chi connectivity index (χ3n) is 4.36. The van der Waals surface area contributed by atoms with Crippen LogP contribution in [0.1, 0.15) is 17.0 Å². The van der Waals surface area contributed by atoms with Gasteiger partial charge in [0.2, 0.25) is 0 Å². The molecule has 0 bridgehead atoms. The zero-order valence-corrected chi connectivity index (χ0v) is 13.8. The van der Waals surface area contributed by atoms with Gasteiger partial charge in [-0.25, -0.2) is 0 Å². The summed E-state index contributed by atoms with van der Waals surface area (Å²) in [7, 11) is 0. The molecule has 0 saturated heterocycles. The summed E-state index contributed by atoms with van der Waals surface area (Å²) in [6, 6.07) is 17.0. The lowest BCUT2D eigenvalue weighted by molar-refractivity contribution is 0.393. The number of rotatable bonds is 2. The Morgan fingerprint density at radius 2 is 1.80 bits per heavy atom. The Morgan fingerprint density at radius 1 is 1.08 bits per heavy atom. The van der Waals surface area contributed by atoms with Crippen molar-refractivity contribution in [3.8, 4) is 28.8 Å². The molecule has 5 heteroatoms. The molecular formula is C20H15N3O2. The second kappa shape index (κ2) is 5.53. The summed E-state index contributed by atoms with van der Waals surface area (Å²) in [4.78, 5) is 0. The minimum atomic E-state index is 0.194. The largest absolute Gasteiger partial charge is 0.508 e. The zero-order chi connectivity index (χ0) is 17.6. The maximum Gasteiger partial charge on any atom is 0.143 e. The van der Waals surface area contributed by atoms with Gasteiger partial charge in [-0.2, -0.15) is 5.26 Å². The van der Waals surface area contributed by atoms with E-state index in [1.807, 2.05) is 54.8 Å². The molecule has 2 heterocycles. The molecule has 25 heavy (non-hydrogen) atoms. The summed E-state index contributed by atoms with van der Waals surface area (Å²) < 4.78 is 7.36. The van der Waals surface area contributed by atoms with Crippen molar-refractivity contribution < 1.29 is 9.63 Å². The van der Waals surface area contributed by atoms with Crippen LogP contribution in [0.25, 0.3) is 27.8 Å². The van der Waals surface area contributed by atoms with E-state index in [0.717, 1.165) is 33.5 Å². The number of hydrogen-bond donors (Lipinski definition) is 1. The van der Waals surface area contributed by atoms with Crippen molar-refractivity contribution >= 4 is 10.9 Å². The van der Waals surface area contributed by atoms with E-state index in [0.29, 0.717) is 11.3 Å². The van der Waals surface area contributed by atoms with Crippen LogP contribution in [0, 0.1) is 25.2 Å². The van der Waals surface area contributed by atoms with Gasteiger partial charge < -0.3 is 14.2 Å². The highest BCUT2D eigenvalue weighted by Crippen LogP contribution is 2.38. The highest BCUT2D eigenvalue weighted by molar-refractivity contribution is 5.96. The maximum absolute atomic E-state index is 9.85. The fraction of sp³-hybridized carbons (Fsp3) is 0.100. The van der Waals surface area contributed by atoms with Crippen LogP contribution in [0.15, 0.2) is 53.1 Å². The van der Waals surface area contributed by atoms with Crippen LogP contribution in [-0.2, 0) is 0 Å². The Morgan fingerprint density at radius 3 is 2.44 bits per heavy atom. The van der Waals surface area contributed by atoms with Gasteiger partial charge in [-0.1, -0.05) is 23.4 Å². The first-order chi connectivity index (χ1) is 12.1. The Labute approximate surface area is 144 Å². The van der Waals surface area contributed by atoms with Crippen molar-refractivity contribution in [1.29, 1.82) is 5.26 Å². The van der Waals surface area contributed by atoms with E-state index in [1.54, 1.807) is 12.1 Å². The molecule has 0 fully saturated rings. The first kappa shape index (κ1) is 15.0. The molecule has 0 radical (unpaired) electrons. The second-order valence-corrected chi connectivity index (χ2v) is 5.90. The number of phenols is 1. The smallest absolute Gasteiger partial charge is 0.143 e. The predicted molar refractivity (Wildman–Crippen MR) is 94.6 cm³/mol. The fourth-order valence-corrected chi connectivity index (χ4v) is 3.28. The summed E-state index contributed by atoms with van der Waals surface area (Å²) in [5.41, 5.74) is 4.66. The van der Waals surface area contributed by atoms with Gasteiger partial charge in [-0.3, -0.25) is 0 Å². The molecule has 0 amide bonds. The molecule has 5 nitrogen and oxygen atoms in total. The lowest BCUT2D eigenvalue weighted by Crippen LogP contribution is -1.98. The average molecular weight is 329 g/mol. The molecule has 0 atom stereocenters. The Balaban J connectivity index is 2.19. The van der Waals surface area contributed by atoms with Crippen LogP contribution in [0.2, 0.25) is 0 Å². The van der Waals surface area contributed by atoms with Crippen molar-refractivity contribution in [2.75, 3.05) is 0 Å². The average Bonchev–Trinajstić information content (AvgIpc) is 3.12. The van der Waals surface area contributed by atoms with Crippen LogP contribution < -0.4 is 0 Å². The Bertz CT molecular complexity index is 1110. The standard InChI is InChI=1S/C20H15N3O2/c1-12-19(13(2)25-22-12)20-17(11-21)16-5-3-4-6-18(16)23(20)14-7-9-15(24)10-8-14/h3-10,24H,1-2H3. The molecule has 2 aromatic heterocycles. The predicted octanol–water partition coefficient (Wildman–Crippen LogP) is 4.48. The minimum Gasteiger partial charge on any atom is -0.508 e. The van der Waals surface area contributed by atoms with E-state index < -0.39 is 0 Å². The molecule has 1 N–H and O–H groups in total. The minimum absolute atomic E-state index is 0.194. The van der Waals surface area contributed by atoms with E-state index in [1.165, 1.54) is 0 Å². The van der Waals surface area contributed by atoms with Crippen molar-refractivity contribution in [2.24, 2.45) is 0 Å². The van der Waals surface area contributed by atoms with Crippen molar-refractivity contribution in [3.63, 3.8) is 0 Å². The topological polar surface area (TPSA) is 75.0 Å². The van der Waals surface area contributed by atoms with E-state index in [9.17, 15) is 10.4 Å². The lowest BCUT2D eigenvalue weighted by atomic mass is 10.0.